The van der Waals surface area contributed by atoms with Crippen molar-refractivity contribution in [3.05, 3.63) is 10.6 Å². The number of hydrogen-bond donors (Lipinski definition) is 1. The molecule has 0 bridgehead atoms. The zero-order valence-electron chi connectivity index (χ0n) is 12.1. The van der Waals surface area contributed by atoms with E-state index in [2.05, 4.69) is 4.90 Å². The van der Waals surface area contributed by atoms with E-state index in [0.717, 1.165) is 16.7 Å². The van der Waals surface area contributed by atoms with Gasteiger partial charge in [0, 0.05) is 19.0 Å². The summed E-state index contributed by atoms with van der Waals surface area (Å²) in [6.07, 6.45) is 9.60. The lowest BCUT2D eigenvalue weighted by atomic mass is 9.75. The van der Waals surface area contributed by atoms with Gasteiger partial charge < -0.3 is 10.0 Å². The third-order valence-electron chi connectivity index (χ3n) is 5.39. The van der Waals surface area contributed by atoms with Crippen LogP contribution in [0, 0.1) is 11.8 Å². The first-order valence-corrected chi connectivity index (χ1v) is 9.02. The van der Waals surface area contributed by atoms with Crippen molar-refractivity contribution < 1.29 is 5.11 Å². The summed E-state index contributed by atoms with van der Waals surface area (Å²) >= 11 is 1.74. The molecule has 2 heterocycles. The molecule has 1 saturated heterocycles. The molecule has 0 aromatic carbocycles. The quantitative estimate of drug-likeness (QED) is 0.926. The molecule has 0 spiro atoms. The largest absolute Gasteiger partial charge is 0.391 e. The smallest absolute Gasteiger partial charge is 0.185 e. The highest BCUT2D eigenvalue weighted by molar-refractivity contribution is 7.15. The molecule has 2 aliphatic carbocycles. The Labute approximate surface area is 125 Å². The molecule has 1 aromatic heterocycles. The highest BCUT2D eigenvalue weighted by Gasteiger charge is 2.34. The van der Waals surface area contributed by atoms with Crippen LogP contribution >= 0.6 is 11.3 Å². The molecule has 2 atom stereocenters. The van der Waals surface area contributed by atoms with Crippen LogP contribution in [0.5, 0.6) is 0 Å². The summed E-state index contributed by atoms with van der Waals surface area (Å²) in [5.41, 5.74) is 1.21. The molecule has 3 aliphatic rings. The van der Waals surface area contributed by atoms with E-state index >= 15 is 0 Å². The van der Waals surface area contributed by atoms with Gasteiger partial charge in [-0.15, -0.1) is 0 Å². The summed E-state index contributed by atoms with van der Waals surface area (Å²) in [4.78, 5) is 8.51. The predicted molar refractivity (Wildman–Crippen MR) is 82.3 cm³/mol. The number of hydrogen-bond acceptors (Lipinski definition) is 4. The summed E-state index contributed by atoms with van der Waals surface area (Å²) in [6.45, 7) is 2.54. The van der Waals surface area contributed by atoms with Crippen molar-refractivity contribution >= 4 is 16.5 Å². The average Bonchev–Trinajstić information content (AvgIpc) is 3.26. The van der Waals surface area contributed by atoms with Gasteiger partial charge in [0.25, 0.3) is 0 Å². The van der Waals surface area contributed by atoms with Gasteiger partial charge in [-0.25, -0.2) is 4.98 Å². The molecule has 2 saturated carbocycles. The molecule has 3 fully saturated rings. The van der Waals surface area contributed by atoms with E-state index in [1.165, 1.54) is 68.9 Å². The van der Waals surface area contributed by atoms with Gasteiger partial charge in [-0.1, -0.05) is 30.6 Å². The van der Waals surface area contributed by atoms with Gasteiger partial charge in [0.1, 0.15) is 0 Å². The van der Waals surface area contributed by atoms with E-state index in [0.29, 0.717) is 5.92 Å². The van der Waals surface area contributed by atoms with E-state index < -0.39 is 0 Å². The second-order valence-corrected chi connectivity index (χ2v) is 7.84. The van der Waals surface area contributed by atoms with Crippen LogP contribution in [0.2, 0.25) is 0 Å². The van der Waals surface area contributed by atoms with Crippen LogP contribution in [0.4, 0.5) is 5.13 Å². The maximum Gasteiger partial charge on any atom is 0.185 e. The monoisotopic (exact) mass is 292 g/mol. The summed E-state index contributed by atoms with van der Waals surface area (Å²) in [5, 5.41) is 10.7. The molecular formula is C16H24N2OS. The van der Waals surface area contributed by atoms with Gasteiger partial charge >= 0.3 is 0 Å². The molecule has 0 radical (unpaired) electrons. The SMILES string of the molecule is OCc1sc(N2CCC3CCCCC3C2)nc1C1CC1. The lowest BCUT2D eigenvalue weighted by Crippen LogP contribution is -2.41. The van der Waals surface area contributed by atoms with Gasteiger partial charge in [0.15, 0.2) is 5.13 Å². The minimum atomic E-state index is 0.170. The lowest BCUT2D eigenvalue weighted by Gasteiger charge is -2.41. The van der Waals surface area contributed by atoms with Crippen LogP contribution < -0.4 is 4.90 Å². The highest BCUT2D eigenvalue weighted by atomic mass is 32.1. The van der Waals surface area contributed by atoms with E-state index in [4.69, 9.17) is 4.98 Å². The van der Waals surface area contributed by atoms with Crippen molar-refractivity contribution in [1.82, 2.24) is 4.98 Å². The average molecular weight is 292 g/mol. The zero-order chi connectivity index (χ0) is 13.5. The van der Waals surface area contributed by atoms with Crippen molar-refractivity contribution in [2.24, 2.45) is 11.8 Å². The number of piperidine rings is 1. The van der Waals surface area contributed by atoms with Crippen LogP contribution in [-0.4, -0.2) is 23.2 Å². The number of thiazole rings is 1. The molecule has 4 heteroatoms. The molecule has 2 unspecified atom stereocenters. The topological polar surface area (TPSA) is 36.4 Å². The number of anilines is 1. The van der Waals surface area contributed by atoms with Gasteiger partial charge in [-0.05, 0) is 37.5 Å². The standard InChI is InChI=1S/C16H24N2OS/c19-10-14-15(12-5-6-12)17-16(20-14)18-8-7-11-3-1-2-4-13(11)9-18/h11-13,19H,1-10H2. The molecular weight excluding hydrogens is 268 g/mol. The Balaban J connectivity index is 1.52. The Morgan fingerprint density at radius 3 is 2.65 bits per heavy atom. The van der Waals surface area contributed by atoms with Gasteiger partial charge in [-0.2, -0.15) is 0 Å². The minimum Gasteiger partial charge on any atom is -0.391 e. The first-order valence-electron chi connectivity index (χ1n) is 8.20. The fraction of sp³-hybridized carbons (Fsp3) is 0.812. The third-order valence-corrected chi connectivity index (χ3v) is 6.50. The molecule has 20 heavy (non-hydrogen) atoms. The number of aromatic nitrogens is 1. The van der Waals surface area contributed by atoms with Gasteiger partial charge in [-0.3, -0.25) is 0 Å². The van der Waals surface area contributed by atoms with E-state index in [1.807, 2.05) is 0 Å². The van der Waals surface area contributed by atoms with Crippen LogP contribution in [0.15, 0.2) is 0 Å². The van der Waals surface area contributed by atoms with Gasteiger partial charge in [0.2, 0.25) is 0 Å². The molecule has 1 aliphatic heterocycles. The van der Waals surface area contributed by atoms with E-state index in [1.54, 1.807) is 11.3 Å². The Hall–Kier alpha value is -0.610. The number of nitrogens with zero attached hydrogens (tertiary/aromatic N) is 2. The number of rotatable bonds is 3. The summed E-state index contributed by atoms with van der Waals surface area (Å²) in [7, 11) is 0. The van der Waals surface area contributed by atoms with Crippen LogP contribution in [0.25, 0.3) is 0 Å². The van der Waals surface area contributed by atoms with E-state index in [-0.39, 0.29) is 6.61 Å². The third kappa shape index (κ3) is 2.37. The number of aliphatic hydroxyl groups excluding tert-OH is 1. The summed E-state index contributed by atoms with van der Waals surface area (Å²) < 4.78 is 0. The maximum absolute atomic E-state index is 9.55. The van der Waals surface area contributed by atoms with Crippen molar-refractivity contribution in [3.63, 3.8) is 0 Å². The first kappa shape index (κ1) is 13.1. The van der Waals surface area contributed by atoms with Crippen LogP contribution in [0.3, 0.4) is 0 Å². The second kappa shape index (κ2) is 5.30. The second-order valence-electron chi connectivity index (χ2n) is 6.78. The summed E-state index contributed by atoms with van der Waals surface area (Å²) in [6, 6.07) is 0. The molecule has 4 rings (SSSR count). The fourth-order valence-electron chi connectivity index (χ4n) is 4.05. The normalized spacial score (nSPS) is 30.4. The molecule has 1 N–H and O–H groups in total. The first-order chi connectivity index (χ1) is 9.85. The van der Waals surface area contributed by atoms with Crippen molar-refractivity contribution in [1.29, 1.82) is 0 Å². The molecule has 3 nitrogen and oxygen atoms in total. The highest BCUT2D eigenvalue weighted by Crippen LogP contribution is 2.45. The number of fused-ring (bicyclic) bond motifs is 1. The Kier molecular flexibility index (Phi) is 3.47. The Morgan fingerprint density at radius 1 is 1.10 bits per heavy atom. The molecule has 1 aromatic rings. The van der Waals surface area contributed by atoms with Crippen molar-refractivity contribution in [2.75, 3.05) is 18.0 Å². The molecule has 0 amide bonds. The Morgan fingerprint density at radius 2 is 1.90 bits per heavy atom. The molecule has 110 valence electrons. The minimum absolute atomic E-state index is 0.170. The fourth-order valence-corrected chi connectivity index (χ4v) is 5.09. The Bertz CT molecular complexity index is 483. The van der Waals surface area contributed by atoms with Crippen molar-refractivity contribution in [2.45, 2.75) is 57.5 Å². The zero-order valence-corrected chi connectivity index (χ0v) is 12.9. The predicted octanol–water partition coefficient (Wildman–Crippen LogP) is 3.53. The van der Waals surface area contributed by atoms with Gasteiger partial charge in [0.05, 0.1) is 17.2 Å². The van der Waals surface area contributed by atoms with Crippen LogP contribution in [0.1, 0.15) is 61.4 Å². The van der Waals surface area contributed by atoms with Crippen LogP contribution in [-0.2, 0) is 6.61 Å². The number of aliphatic hydroxyl groups is 1. The maximum atomic E-state index is 9.55. The van der Waals surface area contributed by atoms with E-state index in [9.17, 15) is 5.11 Å². The lowest BCUT2D eigenvalue weighted by molar-refractivity contribution is 0.202. The van der Waals surface area contributed by atoms with Crippen molar-refractivity contribution in [3.8, 4) is 0 Å². The summed E-state index contributed by atoms with van der Waals surface area (Å²) in [5.74, 6) is 2.51.